The number of hydrogen-bond acceptors (Lipinski definition) is 3. The minimum Gasteiger partial charge on any atom is -0.363 e. The van der Waals surface area contributed by atoms with Crippen molar-refractivity contribution in [1.29, 1.82) is 0 Å². The van der Waals surface area contributed by atoms with Crippen LogP contribution in [0.2, 0.25) is 0 Å². The first-order valence-corrected chi connectivity index (χ1v) is 6.97. The van der Waals surface area contributed by atoms with Gasteiger partial charge in [-0.3, -0.25) is 0 Å². The van der Waals surface area contributed by atoms with Crippen molar-refractivity contribution in [2.24, 2.45) is 0 Å². The number of halogens is 2. The highest BCUT2D eigenvalue weighted by molar-refractivity contribution is 5.88. The molecule has 1 aromatic heterocycles. The molecule has 1 N–H and O–H groups in total. The van der Waals surface area contributed by atoms with E-state index in [2.05, 4.69) is 15.3 Å². The lowest BCUT2D eigenvalue weighted by molar-refractivity contribution is 0.614. The number of aromatic nitrogens is 2. The highest BCUT2D eigenvalue weighted by Gasteiger charge is 2.11. The van der Waals surface area contributed by atoms with Crippen LogP contribution in [0.1, 0.15) is 24.1 Å². The fraction of sp³-hybridized carbons (Fsp3) is 0.176. The molecule has 0 aliphatic rings. The van der Waals surface area contributed by atoms with E-state index in [0.717, 1.165) is 5.56 Å². The number of anilines is 1. The third-order valence-corrected chi connectivity index (χ3v) is 3.65. The number of rotatable bonds is 3. The summed E-state index contributed by atoms with van der Waals surface area (Å²) < 4.78 is 27.1. The number of aryl methyl sites for hydroxylation is 1. The zero-order chi connectivity index (χ0) is 15.7. The van der Waals surface area contributed by atoms with Gasteiger partial charge in [0.2, 0.25) is 0 Å². The van der Waals surface area contributed by atoms with E-state index >= 15 is 0 Å². The van der Waals surface area contributed by atoms with Crippen molar-refractivity contribution >= 4 is 16.7 Å². The average Bonchev–Trinajstić information content (AvgIpc) is 2.50. The van der Waals surface area contributed by atoms with Gasteiger partial charge in [0.05, 0.1) is 11.6 Å². The number of benzene rings is 2. The van der Waals surface area contributed by atoms with Gasteiger partial charge < -0.3 is 5.32 Å². The summed E-state index contributed by atoms with van der Waals surface area (Å²) in [6.07, 6.45) is 1.42. The minimum absolute atomic E-state index is 0.170. The first kappa shape index (κ1) is 14.4. The molecular weight excluding hydrogens is 284 g/mol. The molecule has 112 valence electrons. The Labute approximate surface area is 127 Å². The Bertz CT molecular complexity index is 833. The smallest absolute Gasteiger partial charge is 0.137 e. The van der Waals surface area contributed by atoms with Gasteiger partial charge in [-0.1, -0.05) is 12.1 Å². The summed E-state index contributed by atoms with van der Waals surface area (Å²) in [5.74, 6) is -0.0675. The Morgan fingerprint density at radius 3 is 2.64 bits per heavy atom. The summed E-state index contributed by atoms with van der Waals surface area (Å²) in [4.78, 5) is 8.28. The van der Waals surface area contributed by atoms with Gasteiger partial charge in [-0.25, -0.2) is 18.7 Å². The lowest BCUT2D eigenvalue weighted by Gasteiger charge is -2.16. The molecule has 3 aromatic rings. The van der Waals surface area contributed by atoms with Crippen molar-refractivity contribution in [3.63, 3.8) is 0 Å². The molecule has 0 saturated heterocycles. The van der Waals surface area contributed by atoms with Crippen molar-refractivity contribution < 1.29 is 8.78 Å². The van der Waals surface area contributed by atoms with Crippen LogP contribution in [0.15, 0.2) is 42.7 Å². The third-order valence-electron chi connectivity index (χ3n) is 3.65. The molecular formula is C17H15F2N3. The maximum atomic E-state index is 13.7. The molecule has 3 nitrogen and oxygen atoms in total. The van der Waals surface area contributed by atoms with Crippen molar-refractivity contribution in [2.45, 2.75) is 19.9 Å². The fourth-order valence-corrected chi connectivity index (χ4v) is 2.31. The van der Waals surface area contributed by atoms with Crippen LogP contribution >= 0.6 is 0 Å². The summed E-state index contributed by atoms with van der Waals surface area (Å²) in [5.41, 5.74) is 2.05. The second-order valence-corrected chi connectivity index (χ2v) is 5.26. The monoisotopic (exact) mass is 299 g/mol. The van der Waals surface area contributed by atoms with E-state index in [9.17, 15) is 8.78 Å². The summed E-state index contributed by atoms with van der Waals surface area (Å²) >= 11 is 0. The standard InChI is InChI=1S/C17H15F2N3/c1-10-3-4-12(7-15(10)19)11(2)22-17-14-8-13(18)5-6-16(14)20-9-21-17/h3-9,11H,1-2H3,(H,20,21,22). The molecule has 0 aliphatic carbocycles. The molecule has 22 heavy (non-hydrogen) atoms. The van der Waals surface area contributed by atoms with Gasteiger partial charge >= 0.3 is 0 Å². The zero-order valence-corrected chi connectivity index (χ0v) is 12.3. The predicted molar refractivity (Wildman–Crippen MR) is 82.7 cm³/mol. The van der Waals surface area contributed by atoms with E-state index in [1.54, 1.807) is 19.1 Å². The summed E-state index contributed by atoms with van der Waals surface area (Å²) in [7, 11) is 0. The third kappa shape index (κ3) is 2.74. The van der Waals surface area contributed by atoms with Crippen molar-refractivity contribution in [3.05, 3.63) is 65.5 Å². The van der Waals surface area contributed by atoms with Crippen LogP contribution in [0.25, 0.3) is 10.9 Å². The van der Waals surface area contributed by atoms with Crippen LogP contribution in [0.3, 0.4) is 0 Å². The Morgan fingerprint density at radius 1 is 1.05 bits per heavy atom. The molecule has 0 bridgehead atoms. The Kier molecular flexibility index (Phi) is 3.71. The number of nitrogens with one attached hydrogen (secondary N) is 1. The van der Waals surface area contributed by atoms with Crippen LogP contribution in [0, 0.1) is 18.6 Å². The molecule has 2 aromatic carbocycles. The largest absolute Gasteiger partial charge is 0.363 e. The second-order valence-electron chi connectivity index (χ2n) is 5.26. The summed E-state index contributed by atoms with van der Waals surface area (Å²) in [6, 6.07) is 9.28. The normalized spacial score (nSPS) is 12.4. The van der Waals surface area contributed by atoms with Gasteiger partial charge in [-0.05, 0) is 49.2 Å². The van der Waals surface area contributed by atoms with E-state index in [1.807, 2.05) is 13.0 Å². The molecule has 0 aliphatic heterocycles. The molecule has 3 rings (SSSR count). The van der Waals surface area contributed by atoms with Crippen molar-refractivity contribution in [2.75, 3.05) is 5.32 Å². The van der Waals surface area contributed by atoms with Gasteiger partial charge in [0.1, 0.15) is 23.8 Å². The maximum absolute atomic E-state index is 13.7. The van der Waals surface area contributed by atoms with Gasteiger partial charge in [-0.2, -0.15) is 0 Å². The fourth-order valence-electron chi connectivity index (χ4n) is 2.31. The zero-order valence-electron chi connectivity index (χ0n) is 12.3. The summed E-state index contributed by atoms with van der Waals surface area (Å²) in [6.45, 7) is 3.62. The highest BCUT2D eigenvalue weighted by Crippen LogP contribution is 2.25. The molecule has 0 radical (unpaired) electrons. The Balaban J connectivity index is 1.95. The van der Waals surface area contributed by atoms with Crippen molar-refractivity contribution in [3.8, 4) is 0 Å². The molecule has 1 atom stereocenters. The Hall–Kier alpha value is -2.56. The van der Waals surface area contributed by atoms with Crippen LogP contribution in [0.4, 0.5) is 14.6 Å². The van der Waals surface area contributed by atoms with E-state index in [-0.39, 0.29) is 17.7 Å². The molecule has 0 fully saturated rings. The Morgan fingerprint density at radius 2 is 1.86 bits per heavy atom. The topological polar surface area (TPSA) is 37.8 Å². The quantitative estimate of drug-likeness (QED) is 0.779. The van der Waals surface area contributed by atoms with Crippen LogP contribution in [0.5, 0.6) is 0 Å². The SMILES string of the molecule is Cc1ccc(C(C)Nc2ncnc3ccc(F)cc23)cc1F. The van der Waals surface area contributed by atoms with Crippen LogP contribution in [-0.2, 0) is 0 Å². The lowest BCUT2D eigenvalue weighted by Crippen LogP contribution is -2.09. The maximum Gasteiger partial charge on any atom is 0.137 e. The van der Waals surface area contributed by atoms with Gasteiger partial charge in [-0.15, -0.1) is 0 Å². The number of fused-ring (bicyclic) bond motifs is 1. The minimum atomic E-state index is -0.348. The molecule has 5 heteroatoms. The van der Waals surface area contributed by atoms with Gasteiger partial charge in [0.15, 0.2) is 0 Å². The first-order chi connectivity index (χ1) is 10.5. The van der Waals surface area contributed by atoms with E-state index in [1.165, 1.54) is 24.5 Å². The molecule has 1 heterocycles. The molecule has 1 unspecified atom stereocenters. The second kappa shape index (κ2) is 5.67. The number of hydrogen-bond donors (Lipinski definition) is 1. The predicted octanol–water partition coefficient (Wildman–Crippen LogP) is 4.39. The first-order valence-electron chi connectivity index (χ1n) is 6.97. The molecule has 0 spiro atoms. The van der Waals surface area contributed by atoms with Crippen molar-refractivity contribution in [1.82, 2.24) is 9.97 Å². The lowest BCUT2D eigenvalue weighted by atomic mass is 10.1. The number of nitrogens with zero attached hydrogens (tertiary/aromatic N) is 2. The summed E-state index contributed by atoms with van der Waals surface area (Å²) in [5, 5.41) is 3.79. The molecule has 0 amide bonds. The average molecular weight is 299 g/mol. The van der Waals surface area contributed by atoms with Gasteiger partial charge in [0, 0.05) is 5.39 Å². The van der Waals surface area contributed by atoms with E-state index in [4.69, 9.17) is 0 Å². The van der Waals surface area contributed by atoms with E-state index in [0.29, 0.717) is 22.3 Å². The van der Waals surface area contributed by atoms with Crippen LogP contribution in [-0.4, -0.2) is 9.97 Å². The van der Waals surface area contributed by atoms with Crippen LogP contribution < -0.4 is 5.32 Å². The molecule has 0 saturated carbocycles. The van der Waals surface area contributed by atoms with Gasteiger partial charge in [0.25, 0.3) is 0 Å². The van der Waals surface area contributed by atoms with E-state index < -0.39 is 0 Å². The highest BCUT2D eigenvalue weighted by atomic mass is 19.1.